The lowest BCUT2D eigenvalue weighted by Gasteiger charge is -2.28. The fourth-order valence-electron chi connectivity index (χ4n) is 2.79. The van der Waals surface area contributed by atoms with Crippen LogP contribution in [0.3, 0.4) is 0 Å². The lowest BCUT2D eigenvalue weighted by molar-refractivity contribution is -0.161. The number of hydrogen-bond donors (Lipinski definition) is 2. The van der Waals surface area contributed by atoms with Crippen molar-refractivity contribution in [2.24, 2.45) is 5.92 Å². The smallest absolute Gasteiger partial charge is 0.342 e. The van der Waals surface area contributed by atoms with Crippen molar-refractivity contribution in [3.63, 3.8) is 0 Å². The maximum atomic E-state index is 13.8. The molecule has 1 aromatic carbocycles. The SMILES string of the molecule is Cc1noc(-c2ccc([C@H](N[C@@H](CC(C)C)C(=O)NCC#N)C(F)(F)F)cc2)n1. The third kappa shape index (κ3) is 6.29. The van der Waals surface area contributed by atoms with Gasteiger partial charge in [-0.1, -0.05) is 31.1 Å². The van der Waals surface area contributed by atoms with Crippen LogP contribution >= 0.6 is 0 Å². The van der Waals surface area contributed by atoms with Gasteiger partial charge in [-0.2, -0.15) is 23.4 Å². The van der Waals surface area contributed by atoms with Crippen LogP contribution in [0, 0.1) is 24.2 Å². The number of benzene rings is 1. The molecule has 29 heavy (non-hydrogen) atoms. The first-order chi connectivity index (χ1) is 13.6. The van der Waals surface area contributed by atoms with Gasteiger partial charge >= 0.3 is 6.18 Å². The summed E-state index contributed by atoms with van der Waals surface area (Å²) in [6.07, 6.45) is -4.45. The van der Waals surface area contributed by atoms with E-state index in [-0.39, 0.29) is 30.3 Å². The Hall–Kier alpha value is -2.93. The summed E-state index contributed by atoms with van der Waals surface area (Å²) in [5, 5.41) is 17.0. The summed E-state index contributed by atoms with van der Waals surface area (Å²) in [5.74, 6) is -0.0530. The van der Waals surface area contributed by atoms with Crippen LogP contribution in [0.4, 0.5) is 13.2 Å². The lowest BCUT2D eigenvalue weighted by atomic mass is 9.99. The highest BCUT2D eigenvalue weighted by atomic mass is 19.4. The second-order valence-corrected chi connectivity index (χ2v) is 6.97. The number of nitrogens with zero attached hydrogens (tertiary/aromatic N) is 3. The van der Waals surface area contributed by atoms with E-state index in [1.807, 2.05) is 0 Å². The predicted octanol–water partition coefficient (Wildman–Crippen LogP) is 3.29. The first-order valence-electron chi connectivity index (χ1n) is 9.00. The highest BCUT2D eigenvalue weighted by Crippen LogP contribution is 2.34. The molecule has 0 bridgehead atoms. The number of alkyl halides is 3. The van der Waals surface area contributed by atoms with Crippen molar-refractivity contribution >= 4 is 5.91 Å². The van der Waals surface area contributed by atoms with Gasteiger partial charge < -0.3 is 9.84 Å². The Morgan fingerprint density at radius 3 is 2.41 bits per heavy atom. The van der Waals surface area contributed by atoms with Crippen LogP contribution in [-0.4, -0.2) is 34.8 Å². The van der Waals surface area contributed by atoms with Crippen molar-refractivity contribution in [2.45, 2.75) is 45.5 Å². The number of nitrogens with one attached hydrogen (secondary N) is 2. The summed E-state index contributed by atoms with van der Waals surface area (Å²) in [6, 6.07) is 4.10. The van der Waals surface area contributed by atoms with E-state index < -0.39 is 24.2 Å². The molecule has 0 fully saturated rings. The maximum absolute atomic E-state index is 13.8. The molecule has 2 rings (SSSR count). The van der Waals surface area contributed by atoms with E-state index in [1.165, 1.54) is 24.3 Å². The molecular formula is C19H22F3N5O2. The van der Waals surface area contributed by atoms with Gasteiger partial charge in [0.05, 0.1) is 12.1 Å². The van der Waals surface area contributed by atoms with E-state index in [0.29, 0.717) is 11.4 Å². The number of carbonyl (C=O) groups excluding carboxylic acids is 1. The van der Waals surface area contributed by atoms with Gasteiger partial charge in [0.15, 0.2) is 5.82 Å². The predicted molar refractivity (Wildman–Crippen MR) is 98.3 cm³/mol. The van der Waals surface area contributed by atoms with Gasteiger partial charge in [-0.25, -0.2) is 0 Å². The number of carbonyl (C=O) groups is 1. The Labute approximate surface area is 166 Å². The molecule has 156 valence electrons. The molecule has 0 saturated heterocycles. The molecule has 0 radical (unpaired) electrons. The van der Waals surface area contributed by atoms with Crippen molar-refractivity contribution in [2.75, 3.05) is 6.54 Å². The summed E-state index contributed by atoms with van der Waals surface area (Å²) in [6.45, 7) is 4.97. The molecule has 1 heterocycles. The quantitative estimate of drug-likeness (QED) is 0.649. The number of amides is 1. The Morgan fingerprint density at radius 2 is 1.93 bits per heavy atom. The number of aromatic nitrogens is 2. The van der Waals surface area contributed by atoms with Crippen molar-refractivity contribution in [1.29, 1.82) is 5.26 Å². The average molecular weight is 409 g/mol. The molecule has 0 unspecified atom stereocenters. The number of nitriles is 1. The van der Waals surface area contributed by atoms with Gasteiger partial charge in [0.1, 0.15) is 12.6 Å². The Bertz CT molecular complexity index is 856. The standard InChI is InChI=1S/C19H22F3N5O2/c1-11(2)10-15(17(28)24-9-8-23)26-16(19(20,21)22)13-4-6-14(7-5-13)18-25-12(3)27-29-18/h4-7,11,15-16,26H,9-10H2,1-3H3,(H,24,28)/t15-,16-/m0/s1. The molecule has 1 aromatic heterocycles. The number of halogens is 3. The molecule has 7 nitrogen and oxygen atoms in total. The van der Waals surface area contributed by atoms with E-state index in [9.17, 15) is 18.0 Å². The van der Waals surface area contributed by atoms with Crippen LogP contribution in [-0.2, 0) is 4.79 Å². The molecule has 0 aliphatic heterocycles. The molecule has 2 N–H and O–H groups in total. The van der Waals surface area contributed by atoms with Crippen LogP contribution < -0.4 is 10.6 Å². The third-order valence-corrected chi connectivity index (χ3v) is 4.08. The van der Waals surface area contributed by atoms with Crippen molar-refractivity contribution in [1.82, 2.24) is 20.8 Å². The average Bonchev–Trinajstić information content (AvgIpc) is 3.08. The first kappa shape index (κ1) is 22.4. The van der Waals surface area contributed by atoms with Crippen LogP contribution in [0.5, 0.6) is 0 Å². The Kier molecular flexibility index (Phi) is 7.34. The van der Waals surface area contributed by atoms with Gasteiger partial charge in [0.25, 0.3) is 5.89 Å². The number of rotatable bonds is 8. The van der Waals surface area contributed by atoms with Gasteiger partial charge in [-0.15, -0.1) is 0 Å². The number of aryl methyl sites for hydroxylation is 1. The van der Waals surface area contributed by atoms with Crippen LogP contribution in [0.2, 0.25) is 0 Å². The minimum atomic E-state index is -4.63. The highest BCUT2D eigenvalue weighted by molar-refractivity contribution is 5.82. The maximum Gasteiger partial charge on any atom is 0.407 e. The van der Waals surface area contributed by atoms with Gasteiger partial charge in [-0.3, -0.25) is 10.1 Å². The van der Waals surface area contributed by atoms with E-state index in [1.54, 1.807) is 26.8 Å². The summed E-state index contributed by atoms with van der Waals surface area (Å²) in [7, 11) is 0. The zero-order chi connectivity index (χ0) is 21.6. The summed E-state index contributed by atoms with van der Waals surface area (Å²) < 4.78 is 46.3. The second-order valence-electron chi connectivity index (χ2n) is 6.97. The van der Waals surface area contributed by atoms with Crippen LogP contribution in [0.15, 0.2) is 28.8 Å². The molecule has 0 aliphatic carbocycles. The first-order valence-corrected chi connectivity index (χ1v) is 9.00. The van der Waals surface area contributed by atoms with E-state index in [0.717, 1.165) is 0 Å². The zero-order valence-corrected chi connectivity index (χ0v) is 16.2. The second kappa shape index (κ2) is 9.52. The van der Waals surface area contributed by atoms with Gasteiger partial charge in [-0.05, 0) is 37.0 Å². The van der Waals surface area contributed by atoms with Crippen molar-refractivity contribution in [3.05, 3.63) is 35.7 Å². The molecule has 2 atom stereocenters. The van der Waals surface area contributed by atoms with Crippen molar-refractivity contribution < 1.29 is 22.5 Å². The minimum Gasteiger partial charge on any atom is -0.342 e. The van der Waals surface area contributed by atoms with Crippen LogP contribution in [0.25, 0.3) is 11.5 Å². The van der Waals surface area contributed by atoms with E-state index in [4.69, 9.17) is 9.78 Å². The molecule has 0 spiro atoms. The molecule has 2 aromatic rings. The van der Waals surface area contributed by atoms with Crippen molar-refractivity contribution in [3.8, 4) is 17.5 Å². The highest BCUT2D eigenvalue weighted by Gasteiger charge is 2.42. The largest absolute Gasteiger partial charge is 0.407 e. The number of hydrogen-bond acceptors (Lipinski definition) is 6. The third-order valence-electron chi connectivity index (χ3n) is 4.08. The topological polar surface area (TPSA) is 104 Å². The molecular weight excluding hydrogens is 387 g/mol. The lowest BCUT2D eigenvalue weighted by Crippen LogP contribution is -2.49. The summed E-state index contributed by atoms with van der Waals surface area (Å²) in [5.41, 5.74) is 0.431. The Balaban J connectivity index is 2.27. The van der Waals surface area contributed by atoms with Crippen LogP contribution in [0.1, 0.15) is 37.7 Å². The fourth-order valence-corrected chi connectivity index (χ4v) is 2.79. The summed E-state index contributed by atoms with van der Waals surface area (Å²) in [4.78, 5) is 16.3. The van der Waals surface area contributed by atoms with Gasteiger partial charge in [0.2, 0.25) is 5.91 Å². The monoisotopic (exact) mass is 409 g/mol. The minimum absolute atomic E-state index is 0.0302. The fraction of sp³-hybridized carbons (Fsp3) is 0.474. The zero-order valence-electron chi connectivity index (χ0n) is 16.2. The molecule has 1 amide bonds. The molecule has 0 aliphatic rings. The van der Waals surface area contributed by atoms with E-state index >= 15 is 0 Å². The van der Waals surface area contributed by atoms with Gasteiger partial charge in [0, 0.05) is 5.56 Å². The van der Waals surface area contributed by atoms with E-state index in [2.05, 4.69) is 20.8 Å². The molecule has 10 heteroatoms. The normalized spacial score (nSPS) is 13.7. The summed E-state index contributed by atoms with van der Waals surface area (Å²) >= 11 is 0. The molecule has 0 saturated carbocycles. The Morgan fingerprint density at radius 1 is 1.28 bits per heavy atom.